The first kappa shape index (κ1) is 8.06. The standard InChI is InChI=1S/C7H12Br2/c8-4-6-2-1-3-7(6)5-9/h6-7H,1-5H2/t6-,7-/m0/s1. The molecule has 1 saturated carbocycles. The highest BCUT2D eigenvalue weighted by molar-refractivity contribution is 9.09. The van der Waals surface area contributed by atoms with Crippen LogP contribution in [0.15, 0.2) is 0 Å². The van der Waals surface area contributed by atoms with Crippen LogP contribution in [0.25, 0.3) is 0 Å². The van der Waals surface area contributed by atoms with Crippen LogP contribution >= 0.6 is 31.9 Å². The van der Waals surface area contributed by atoms with Crippen molar-refractivity contribution in [3.8, 4) is 0 Å². The molecule has 0 unspecified atom stereocenters. The molecule has 0 spiro atoms. The average Bonchev–Trinajstić information content (AvgIpc) is 2.33. The van der Waals surface area contributed by atoms with E-state index >= 15 is 0 Å². The number of alkyl halides is 2. The van der Waals surface area contributed by atoms with E-state index in [9.17, 15) is 0 Å². The van der Waals surface area contributed by atoms with Gasteiger partial charge in [0.15, 0.2) is 0 Å². The summed E-state index contributed by atoms with van der Waals surface area (Å²) >= 11 is 7.07. The van der Waals surface area contributed by atoms with Crippen molar-refractivity contribution in [2.75, 3.05) is 10.7 Å². The first-order valence-electron chi connectivity index (χ1n) is 3.50. The van der Waals surface area contributed by atoms with E-state index < -0.39 is 0 Å². The molecule has 0 saturated heterocycles. The smallest absolute Gasteiger partial charge is 0.00626 e. The Kier molecular flexibility index (Phi) is 3.55. The fraction of sp³-hybridized carbons (Fsp3) is 1.00. The summed E-state index contributed by atoms with van der Waals surface area (Å²) in [6.07, 6.45) is 4.30. The van der Waals surface area contributed by atoms with E-state index in [0.29, 0.717) is 0 Å². The SMILES string of the molecule is BrC[C@@H]1CCC[C@H]1CBr. The van der Waals surface area contributed by atoms with Gasteiger partial charge in [0.1, 0.15) is 0 Å². The van der Waals surface area contributed by atoms with Gasteiger partial charge in [0.2, 0.25) is 0 Å². The molecule has 0 bridgehead atoms. The molecule has 0 heterocycles. The second kappa shape index (κ2) is 3.97. The van der Waals surface area contributed by atoms with Crippen molar-refractivity contribution >= 4 is 31.9 Å². The summed E-state index contributed by atoms with van der Waals surface area (Å²) in [7, 11) is 0. The highest BCUT2D eigenvalue weighted by Gasteiger charge is 2.24. The maximum atomic E-state index is 3.54. The number of rotatable bonds is 2. The highest BCUT2D eigenvalue weighted by Crippen LogP contribution is 2.33. The van der Waals surface area contributed by atoms with Gasteiger partial charge >= 0.3 is 0 Å². The van der Waals surface area contributed by atoms with Gasteiger partial charge in [-0.1, -0.05) is 38.3 Å². The van der Waals surface area contributed by atoms with E-state index in [-0.39, 0.29) is 0 Å². The summed E-state index contributed by atoms with van der Waals surface area (Å²) < 4.78 is 0. The molecule has 0 aromatic carbocycles. The summed E-state index contributed by atoms with van der Waals surface area (Å²) in [6, 6.07) is 0. The summed E-state index contributed by atoms with van der Waals surface area (Å²) in [4.78, 5) is 0. The zero-order valence-corrected chi connectivity index (χ0v) is 8.62. The van der Waals surface area contributed by atoms with E-state index in [4.69, 9.17) is 0 Å². The molecule has 0 amide bonds. The van der Waals surface area contributed by atoms with Crippen molar-refractivity contribution in [2.45, 2.75) is 19.3 Å². The maximum absolute atomic E-state index is 3.54. The molecule has 2 atom stereocenters. The number of hydrogen-bond acceptors (Lipinski definition) is 0. The van der Waals surface area contributed by atoms with Crippen LogP contribution in [0.2, 0.25) is 0 Å². The molecule has 1 fully saturated rings. The van der Waals surface area contributed by atoms with Gasteiger partial charge in [0.05, 0.1) is 0 Å². The fourth-order valence-corrected chi connectivity index (χ4v) is 3.22. The lowest BCUT2D eigenvalue weighted by Crippen LogP contribution is -2.09. The van der Waals surface area contributed by atoms with Crippen LogP contribution in [0.5, 0.6) is 0 Å². The zero-order valence-electron chi connectivity index (χ0n) is 5.45. The predicted octanol–water partition coefficient (Wildman–Crippen LogP) is 3.19. The van der Waals surface area contributed by atoms with E-state index in [1.54, 1.807) is 0 Å². The van der Waals surface area contributed by atoms with Gasteiger partial charge in [-0.25, -0.2) is 0 Å². The Morgan fingerprint density at radius 3 is 1.78 bits per heavy atom. The summed E-state index contributed by atoms with van der Waals surface area (Å²) in [6.45, 7) is 0. The first-order valence-corrected chi connectivity index (χ1v) is 5.74. The van der Waals surface area contributed by atoms with Crippen molar-refractivity contribution in [3.05, 3.63) is 0 Å². The van der Waals surface area contributed by atoms with Gasteiger partial charge in [-0.05, 0) is 24.7 Å². The molecule has 1 rings (SSSR count). The zero-order chi connectivity index (χ0) is 6.69. The van der Waals surface area contributed by atoms with E-state index in [1.807, 2.05) is 0 Å². The topological polar surface area (TPSA) is 0 Å². The molecule has 0 N–H and O–H groups in total. The van der Waals surface area contributed by atoms with Crippen molar-refractivity contribution in [2.24, 2.45) is 11.8 Å². The molecule has 0 nitrogen and oxygen atoms in total. The molecule has 0 aromatic heterocycles. The third kappa shape index (κ3) is 1.94. The van der Waals surface area contributed by atoms with E-state index in [2.05, 4.69) is 31.9 Å². The van der Waals surface area contributed by atoms with Gasteiger partial charge < -0.3 is 0 Å². The van der Waals surface area contributed by atoms with Crippen molar-refractivity contribution < 1.29 is 0 Å². The van der Waals surface area contributed by atoms with Crippen molar-refractivity contribution in [1.82, 2.24) is 0 Å². The second-order valence-electron chi connectivity index (χ2n) is 2.76. The Balaban J connectivity index is 2.32. The van der Waals surface area contributed by atoms with Crippen LogP contribution in [0.1, 0.15) is 19.3 Å². The molecule has 9 heavy (non-hydrogen) atoms. The summed E-state index contributed by atoms with van der Waals surface area (Å²) in [5, 5.41) is 2.40. The average molecular weight is 256 g/mol. The normalized spacial score (nSPS) is 35.3. The van der Waals surface area contributed by atoms with Gasteiger partial charge in [-0.15, -0.1) is 0 Å². The first-order chi connectivity index (χ1) is 4.38. The minimum Gasteiger partial charge on any atom is -0.0925 e. The van der Waals surface area contributed by atoms with Crippen LogP contribution in [0.3, 0.4) is 0 Å². The fourth-order valence-electron chi connectivity index (χ4n) is 1.52. The third-order valence-electron chi connectivity index (χ3n) is 2.21. The molecule has 0 aromatic rings. The second-order valence-corrected chi connectivity index (χ2v) is 4.05. The van der Waals surface area contributed by atoms with Crippen molar-refractivity contribution in [1.29, 1.82) is 0 Å². The van der Waals surface area contributed by atoms with E-state index in [1.165, 1.54) is 29.9 Å². The lowest BCUT2D eigenvalue weighted by atomic mass is 10.0. The summed E-state index contributed by atoms with van der Waals surface area (Å²) in [5.74, 6) is 1.90. The van der Waals surface area contributed by atoms with Gasteiger partial charge in [0.25, 0.3) is 0 Å². The van der Waals surface area contributed by atoms with Crippen LogP contribution in [-0.2, 0) is 0 Å². The Hall–Kier alpha value is 0.960. The summed E-state index contributed by atoms with van der Waals surface area (Å²) in [5.41, 5.74) is 0. The highest BCUT2D eigenvalue weighted by atomic mass is 79.9. The van der Waals surface area contributed by atoms with Gasteiger partial charge in [-0.3, -0.25) is 0 Å². The Morgan fingerprint density at radius 1 is 1.00 bits per heavy atom. The lowest BCUT2D eigenvalue weighted by molar-refractivity contribution is 0.477. The largest absolute Gasteiger partial charge is 0.0925 e. The third-order valence-corrected chi connectivity index (χ3v) is 3.88. The Bertz CT molecular complexity index is 73.0. The number of hydrogen-bond donors (Lipinski definition) is 0. The minimum atomic E-state index is 0.948. The Labute approximate surface area is 73.7 Å². The molecular weight excluding hydrogens is 244 g/mol. The van der Waals surface area contributed by atoms with Gasteiger partial charge in [0, 0.05) is 10.7 Å². The predicted molar refractivity (Wildman–Crippen MR) is 48.4 cm³/mol. The number of halogens is 2. The molecular formula is C7H12Br2. The van der Waals surface area contributed by atoms with Crippen LogP contribution in [-0.4, -0.2) is 10.7 Å². The van der Waals surface area contributed by atoms with Crippen LogP contribution in [0.4, 0.5) is 0 Å². The molecule has 1 aliphatic rings. The van der Waals surface area contributed by atoms with Crippen molar-refractivity contribution in [3.63, 3.8) is 0 Å². The molecule has 2 heteroatoms. The Morgan fingerprint density at radius 2 is 1.44 bits per heavy atom. The lowest BCUT2D eigenvalue weighted by Gasteiger charge is -2.12. The van der Waals surface area contributed by atoms with Gasteiger partial charge in [-0.2, -0.15) is 0 Å². The molecule has 0 radical (unpaired) electrons. The van der Waals surface area contributed by atoms with E-state index in [0.717, 1.165) is 11.8 Å². The van der Waals surface area contributed by atoms with Crippen LogP contribution < -0.4 is 0 Å². The monoisotopic (exact) mass is 254 g/mol. The molecule has 54 valence electrons. The molecule has 1 aliphatic carbocycles. The molecule has 0 aliphatic heterocycles. The maximum Gasteiger partial charge on any atom is 0.00626 e. The minimum absolute atomic E-state index is 0.948. The van der Waals surface area contributed by atoms with Crippen LogP contribution in [0, 0.1) is 11.8 Å². The quantitative estimate of drug-likeness (QED) is 0.665.